The molecule has 1 aromatic rings. The van der Waals surface area contributed by atoms with Gasteiger partial charge in [0, 0.05) is 37.3 Å². The minimum atomic E-state index is -0.161. The van der Waals surface area contributed by atoms with Crippen molar-refractivity contribution in [3.63, 3.8) is 0 Å². The maximum absolute atomic E-state index is 12.6. The first kappa shape index (κ1) is 17.0. The number of rotatable bonds is 3. The molecule has 3 rings (SSSR count). The van der Waals surface area contributed by atoms with Crippen molar-refractivity contribution in [2.24, 2.45) is 17.8 Å². The van der Waals surface area contributed by atoms with Crippen LogP contribution in [0.25, 0.3) is 0 Å². The molecule has 0 spiro atoms. The number of piperidine rings is 1. The van der Waals surface area contributed by atoms with Gasteiger partial charge in [-0.2, -0.15) is 5.10 Å². The number of hydrogen-bond donors (Lipinski definition) is 1. The number of amides is 2. The summed E-state index contributed by atoms with van der Waals surface area (Å²) < 4.78 is 0. The lowest BCUT2D eigenvalue weighted by molar-refractivity contribution is -0.136. The zero-order valence-corrected chi connectivity index (χ0v) is 15.5. The van der Waals surface area contributed by atoms with E-state index in [0.717, 1.165) is 5.69 Å². The lowest BCUT2D eigenvalue weighted by Crippen LogP contribution is -2.45. The highest BCUT2D eigenvalue weighted by atomic mass is 16.2. The molecule has 1 aliphatic carbocycles. The van der Waals surface area contributed by atoms with Crippen LogP contribution < -0.4 is 0 Å². The van der Waals surface area contributed by atoms with Crippen LogP contribution in [-0.4, -0.2) is 57.5 Å². The van der Waals surface area contributed by atoms with Gasteiger partial charge < -0.3 is 9.80 Å². The average Bonchev–Trinajstić information content (AvgIpc) is 2.91. The highest BCUT2D eigenvalue weighted by Crippen LogP contribution is 2.53. The van der Waals surface area contributed by atoms with Gasteiger partial charge in [0.15, 0.2) is 0 Å². The summed E-state index contributed by atoms with van der Waals surface area (Å²) in [6, 6.07) is 1.84. The van der Waals surface area contributed by atoms with E-state index in [2.05, 4.69) is 24.0 Å². The molecule has 1 saturated carbocycles. The lowest BCUT2D eigenvalue weighted by atomic mass is 10.1. The summed E-state index contributed by atoms with van der Waals surface area (Å²) in [4.78, 5) is 28.8. The van der Waals surface area contributed by atoms with E-state index in [1.807, 2.05) is 43.7 Å². The van der Waals surface area contributed by atoms with Crippen LogP contribution in [-0.2, 0) is 4.79 Å². The standard InChI is InChI=1S/C18H28N4O2/c1-10(2)13-7-14(20-19-13)16(23)22-8-11-12(9-22)15(11)17(24)21(6)18(3,4)5/h7,10-12,15H,8-9H2,1-6H3,(H,19,20). The van der Waals surface area contributed by atoms with E-state index >= 15 is 0 Å². The maximum Gasteiger partial charge on any atom is 0.274 e. The molecule has 0 radical (unpaired) electrons. The molecule has 0 aromatic carbocycles. The van der Waals surface area contributed by atoms with Crippen LogP contribution in [0, 0.1) is 17.8 Å². The van der Waals surface area contributed by atoms with Crippen molar-refractivity contribution in [3.05, 3.63) is 17.5 Å². The predicted molar refractivity (Wildman–Crippen MR) is 91.6 cm³/mol. The van der Waals surface area contributed by atoms with Crippen molar-refractivity contribution >= 4 is 11.8 Å². The monoisotopic (exact) mass is 332 g/mol. The smallest absolute Gasteiger partial charge is 0.274 e. The Kier molecular flexibility index (Phi) is 3.97. The molecular formula is C18H28N4O2. The number of nitrogens with one attached hydrogen (secondary N) is 1. The number of H-pyrrole nitrogens is 1. The van der Waals surface area contributed by atoms with Crippen LogP contribution in [0.1, 0.15) is 56.7 Å². The molecule has 6 nitrogen and oxygen atoms in total. The average molecular weight is 332 g/mol. The van der Waals surface area contributed by atoms with Crippen molar-refractivity contribution in [3.8, 4) is 0 Å². The zero-order chi connectivity index (χ0) is 17.8. The maximum atomic E-state index is 12.6. The van der Waals surface area contributed by atoms with Gasteiger partial charge in [0.05, 0.1) is 0 Å². The Morgan fingerprint density at radius 3 is 2.33 bits per heavy atom. The number of likely N-dealkylation sites (tertiary alicyclic amines) is 1. The molecule has 24 heavy (non-hydrogen) atoms. The van der Waals surface area contributed by atoms with Crippen LogP contribution in [0.5, 0.6) is 0 Å². The molecule has 2 fully saturated rings. The summed E-state index contributed by atoms with van der Waals surface area (Å²) in [5, 5.41) is 7.08. The molecule has 2 amide bonds. The molecule has 2 unspecified atom stereocenters. The topological polar surface area (TPSA) is 69.3 Å². The van der Waals surface area contributed by atoms with Crippen LogP contribution in [0.2, 0.25) is 0 Å². The van der Waals surface area contributed by atoms with Gasteiger partial charge in [-0.05, 0) is 44.6 Å². The molecule has 2 heterocycles. The number of carbonyl (C=O) groups excluding carboxylic acids is 2. The molecule has 2 atom stereocenters. The van der Waals surface area contributed by atoms with Crippen LogP contribution >= 0.6 is 0 Å². The van der Waals surface area contributed by atoms with Crippen molar-refractivity contribution in [2.75, 3.05) is 20.1 Å². The number of aromatic amines is 1. The van der Waals surface area contributed by atoms with Crippen molar-refractivity contribution in [1.29, 1.82) is 0 Å². The number of carbonyl (C=O) groups is 2. The summed E-state index contributed by atoms with van der Waals surface area (Å²) >= 11 is 0. The summed E-state index contributed by atoms with van der Waals surface area (Å²) in [5.41, 5.74) is 1.29. The SMILES string of the molecule is CC(C)c1cc(C(=O)N2CC3C(C2)C3C(=O)N(C)C(C)(C)C)n[nH]1. The van der Waals surface area contributed by atoms with Gasteiger partial charge in [-0.3, -0.25) is 14.7 Å². The third-order valence-corrected chi connectivity index (χ3v) is 5.54. The largest absolute Gasteiger partial charge is 0.341 e. The molecule has 1 aromatic heterocycles. The van der Waals surface area contributed by atoms with E-state index < -0.39 is 0 Å². The van der Waals surface area contributed by atoms with Crippen LogP contribution in [0.3, 0.4) is 0 Å². The second kappa shape index (κ2) is 5.60. The summed E-state index contributed by atoms with van der Waals surface area (Å²) in [6.07, 6.45) is 0. The Morgan fingerprint density at radius 2 is 1.88 bits per heavy atom. The van der Waals surface area contributed by atoms with E-state index in [9.17, 15) is 9.59 Å². The van der Waals surface area contributed by atoms with Gasteiger partial charge in [-0.1, -0.05) is 13.8 Å². The highest BCUT2D eigenvalue weighted by Gasteiger charge is 2.61. The normalized spacial score (nSPS) is 25.8. The second-order valence-electron chi connectivity index (χ2n) is 8.49. The minimum absolute atomic E-state index is 0.0271. The van der Waals surface area contributed by atoms with Crippen molar-refractivity contribution < 1.29 is 9.59 Å². The van der Waals surface area contributed by atoms with Gasteiger partial charge in [-0.15, -0.1) is 0 Å². The van der Waals surface area contributed by atoms with Crippen LogP contribution in [0.4, 0.5) is 0 Å². The summed E-state index contributed by atoms with van der Waals surface area (Å²) in [7, 11) is 1.87. The quantitative estimate of drug-likeness (QED) is 0.921. The Balaban J connectivity index is 1.59. The number of hydrogen-bond acceptors (Lipinski definition) is 3. The Hall–Kier alpha value is -1.85. The Bertz CT molecular complexity index is 646. The fraction of sp³-hybridized carbons (Fsp3) is 0.722. The zero-order valence-electron chi connectivity index (χ0n) is 15.5. The van der Waals surface area contributed by atoms with Crippen molar-refractivity contribution in [2.45, 2.75) is 46.1 Å². The first-order valence-electron chi connectivity index (χ1n) is 8.73. The van der Waals surface area contributed by atoms with Gasteiger partial charge in [-0.25, -0.2) is 0 Å². The number of aromatic nitrogens is 2. The minimum Gasteiger partial charge on any atom is -0.341 e. The molecule has 6 heteroatoms. The predicted octanol–water partition coefficient (Wildman–Crippen LogP) is 2.11. The molecule has 0 bridgehead atoms. The van der Waals surface area contributed by atoms with E-state index in [1.54, 1.807) is 0 Å². The van der Waals surface area contributed by atoms with Gasteiger partial charge in [0.2, 0.25) is 5.91 Å². The highest BCUT2D eigenvalue weighted by molar-refractivity contribution is 5.93. The molecule has 2 aliphatic rings. The first-order valence-corrected chi connectivity index (χ1v) is 8.73. The van der Waals surface area contributed by atoms with E-state index in [4.69, 9.17) is 0 Å². The molecule has 1 aliphatic heterocycles. The lowest BCUT2D eigenvalue weighted by Gasteiger charge is -2.33. The van der Waals surface area contributed by atoms with Crippen LogP contribution in [0.15, 0.2) is 6.07 Å². The second-order valence-corrected chi connectivity index (χ2v) is 8.49. The van der Waals surface area contributed by atoms with Gasteiger partial charge in [0.25, 0.3) is 5.91 Å². The fourth-order valence-electron chi connectivity index (χ4n) is 3.52. The molecule has 1 saturated heterocycles. The molecule has 1 N–H and O–H groups in total. The number of fused-ring (bicyclic) bond motifs is 1. The Labute approximate surface area is 143 Å². The van der Waals surface area contributed by atoms with E-state index in [1.165, 1.54) is 0 Å². The molecular weight excluding hydrogens is 304 g/mol. The summed E-state index contributed by atoms with van der Waals surface area (Å²) in [6.45, 7) is 11.6. The summed E-state index contributed by atoms with van der Waals surface area (Å²) in [5.74, 6) is 1.22. The Morgan fingerprint density at radius 1 is 1.29 bits per heavy atom. The van der Waals surface area contributed by atoms with Gasteiger partial charge in [0.1, 0.15) is 5.69 Å². The van der Waals surface area contributed by atoms with Gasteiger partial charge >= 0.3 is 0 Å². The third kappa shape index (κ3) is 2.82. The third-order valence-electron chi connectivity index (χ3n) is 5.54. The first-order chi connectivity index (χ1) is 11.1. The molecule has 132 valence electrons. The number of nitrogens with zero attached hydrogens (tertiary/aromatic N) is 3. The van der Waals surface area contributed by atoms with E-state index in [-0.39, 0.29) is 23.3 Å². The van der Waals surface area contributed by atoms with E-state index in [0.29, 0.717) is 36.5 Å². The fourth-order valence-corrected chi connectivity index (χ4v) is 3.52. The van der Waals surface area contributed by atoms with Crippen molar-refractivity contribution in [1.82, 2.24) is 20.0 Å².